The highest BCUT2D eigenvalue weighted by molar-refractivity contribution is 6.28. The lowest BCUT2D eigenvalue weighted by Crippen LogP contribution is -2.33. The number of halogens is 1. The molecular formula is C12H23ClN6. The Morgan fingerprint density at radius 3 is 2.37 bits per heavy atom. The van der Waals surface area contributed by atoms with E-state index in [1.807, 2.05) is 6.92 Å². The lowest BCUT2D eigenvalue weighted by molar-refractivity contribution is 0.411. The summed E-state index contributed by atoms with van der Waals surface area (Å²) in [6.45, 7) is 7.60. The molecule has 0 aliphatic heterocycles. The van der Waals surface area contributed by atoms with Crippen molar-refractivity contribution < 1.29 is 0 Å². The van der Waals surface area contributed by atoms with Crippen molar-refractivity contribution in [2.45, 2.75) is 20.3 Å². The number of aromatic nitrogens is 3. The van der Waals surface area contributed by atoms with E-state index >= 15 is 0 Å². The van der Waals surface area contributed by atoms with Gasteiger partial charge < -0.3 is 15.1 Å². The third-order valence-corrected chi connectivity index (χ3v) is 2.69. The third kappa shape index (κ3) is 5.57. The zero-order valence-corrected chi connectivity index (χ0v) is 12.9. The lowest BCUT2D eigenvalue weighted by atomic mass is 10.4. The number of anilines is 2. The number of nitrogens with one attached hydrogen (secondary N) is 1. The van der Waals surface area contributed by atoms with Crippen LogP contribution in [0.3, 0.4) is 0 Å². The SMILES string of the molecule is CCCN(CCN(C)C)c1nc(Cl)nc(NCC)n1. The van der Waals surface area contributed by atoms with Crippen molar-refractivity contribution in [2.75, 3.05) is 50.5 Å². The number of nitrogens with zero attached hydrogens (tertiary/aromatic N) is 5. The van der Waals surface area contributed by atoms with Crippen LogP contribution in [0.5, 0.6) is 0 Å². The minimum absolute atomic E-state index is 0.229. The van der Waals surface area contributed by atoms with Gasteiger partial charge in [-0.1, -0.05) is 6.92 Å². The first-order chi connectivity index (χ1) is 9.06. The minimum Gasteiger partial charge on any atom is -0.354 e. The molecule has 0 amide bonds. The second-order valence-corrected chi connectivity index (χ2v) is 4.89. The first-order valence-corrected chi connectivity index (χ1v) is 6.99. The molecule has 0 bridgehead atoms. The average Bonchev–Trinajstić information content (AvgIpc) is 2.34. The zero-order valence-electron chi connectivity index (χ0n) is 12.1. The third-order valence-electron chi connectivity index (χ3n) is 2.52. The van der Waals surface area contributed by atoms with Crippen LogP contribution in [-0.2, 0) is 0 Å². The molecule has 6 nitrogen and oxygen atoms in total. The standard InChI is InChI=1S/C12H23ClN6/c1-5-7-19(9-8-18(3)4)12-16-10(13)15-11(17-12)14-6-2/h5-9H2,1-4H3,(H,14,15,16,17). The summed E-state index contributed by atoms with van der Waals surface area (Å²) in [5, 5.41) is 3.30. The fourth-order valence-corrected chi connectivity index (χ4v) is 1.78. The smallest absolute Gasteiger partial charge is 0.231 e. The average molecular weight is 287 g/mol. The Balaban J connectivity index is 2.87. The summed E-state index contributed by atoms with van der Waals surface area (Å²) in [7, 11) is 4.10. The summed E-state index contributed by atoms with van der Waals surface area (Å²) in [6.07, 6.45) is 1.03. The molecule has 1 aromatic rings. The highest BCUT2D eigenvalue weighted by Gasteiger charge is 2.12. The van der Waals surface area contributed by atoms with Crippen LogP contribution in [-0.4, -0.2) is 60.1 Å². The van der Waals surface area contributed by atoms with Gasteiger partial charge in [-0.2, -0.15) is 15.0 Å². The van der Waals surface area contributed by atoms with E-state index in [1.165, 1.54) is 0 Å². The van der Waals surface area contributed by atoms with Crippen molar-refractivity contribution >= 4 is 23.5 Å². The Hall–Kier alpha value is -1.14. The number of hydrogen-bond acceptors (Lipinski definition) is 6. The first-order valence-electron chi connectivity index (χ1n) is 6.62. The fourth-order valence-electron chi connectivity index (χ4n) is 1.62. The predicted molar refractivity (Wildman–Crippen MR) is 80.1 cm³/mol. The van der Waals surface area contributed by atoms with Gasteiger partial charge in [-0.05, 0) is 39.0 Å². The van der Waals surface area contributed by atoms with Gasteiger partial charge >= 0.3 is 0 Å². The Morgan fingerprint density at radius 2 is 1.79 bits per heavy atom. The molecule has 1 rings (SSSR count). The maximum atomic E-state index is 5.95. The molecule has 0 fully saturated rings. The first kappa shape index (κ1) is 15.9. The Morgan fingerprint density at radius 1 is 1.05 bits per heavy atom. The summed E-state index contributed by atoms with van der Waals surface area (Å²) in [6, 6.07) is 0. The fraction of sp³-hybridized carbons (Fsp3) is 0.750. The second-order valence-electron chi connectivity index (χ2n) is 4.55. The van der Waals surface area contributed by atoms with Crippen LogP contribution in [0.15, 0.2) is 0 Å². The second kappa shape index (κ2) is 8.12. The van der Waals surface area contributed by atoms with E-state index in [1.54, 1.807) is 0 Å². The van der Waals surface area contributed by atoms with Crippen LogP contribution < -0.4 is 10.2 Å². The summed E-state index contributed by atoms with van der Waals surface area (Å²) < 4.78 is 0. The Labute approximate surface area is 120 Å². The van der Waals surface area contributed by atoms with Crippen molar-refractivity contribution in [1.82, 2.24) is 19.9 Å². The molecule has 0 saturated heterocycles. The number of rotatable bonds is 8. The molecule has 0 spiro atoms. The summed E-state index contributed by atoms with van der Waals surface area (Å²) >= 11 is 5.95. The van der Waals surface area contributed by atoms with Crippen LogP contribution >= 0.6 is 11.6 Å². The highest BCUT2D eigenvalue weighted by atomic mass is 35.5. The maximum Gasteiger partial charge on any atom is 0.231 e. The van der Waals surface area contributed by atoms with Crippen LogP contribution in [0.25, 0.3) is 0 Å². The monoisotopic (exact) mass is 286 g/mol. The van der Waals surface area contributed by atoms with E-state index in [9.17, 15) is 0 Å². The summed E-state index contributed by atoms with van der Waals surface area (Å²) in [4.78, 5) is 17.0. The van der Waals surface area contributed by atoms with Gasteiger partial charge in [-0.3, -0.25) is 0 Å². The van der Waals surface area contributed by atoms with Gasteiger partial charge in [0.2, 0.25) is 17.2 Å². The van der Waals surface area contributed by atoms with Gasteiger partial charge in [0.05, 0.1) is 0 Å². The molecular weight excluding hydrogens is 264 g/mol. The molecule has 0 aliphatic carbocycles. The molecule has 0 unspecified atom stereocenters. The molecule has 0 aromatic carbocycles. The molecule has 0 radical (unpaired) electrons. The van der Waals surface area contributed by atoms with Gasteiger partial charge in [0.15, 0.2) is 0 Å². The van der Waals surface area contributed by atoms with Gasteiger partial charge in [0, 0.05) is 26.2 Å². The van der Waals surface area contributed by atoms with E-state index in [4.69, 9.17) is 11.6 Å². The van der Waals surface area contributed by atoms with E-state index in [-0.39, 0.29) is 5.28 Å². The van der Waals surface area contributed by atoms with Crippen molar-refractivity contribution in [3.63, 3.8) is 0 Å². The summed E-state index contributed by atoms with van der Waals surface area (Å²) in [5.74, 6) is 1.17. The molecule has 1 heterocycles. The van der Waals surface area contributed by atoms with Gasteiger partial charge in [-0.15, -0.1) is 0 Å². The van der Waals surface area contributed by atoms with Crippen LogP contribution in [0.4, 0.5) is 11.9 Å². The topological polar surface area (TPSA) is 57.2 Å². The molecule has 0 saturated carbocycles. The molecule has 1 N–H and O–H groups in total. The highest BCUT2D eigenvalue weighted by Crippen LogP contribution is 2.14. The normalized spacial score (nSPS) is 10.8. The van der Waals surface area contributed by atoms with Gasteiger partial charge in [0.25, 0.3) is 0 Å². The zero-order chi connectivity index (χ0) is 14.3. The van der Waals surface area contributed by atoms with Crippen molar-refractivity contribution in [3.05, 3.63) is 5.28 Å². The van der Waals surface area contributed by atoms with Crippen molar-refractivity contribution in [3.8, 4) is 0 Å². The van der Waals surface area contributed by atoms with E-state index < -0.39 is 0 Å². The van der Waals surface area contributed by atoms with Gasteiger partial charge in [-0.25, -0.2) is 0 Å². The van der Waals surface area contributed by atoms with Crippen molar-refractivity contribution in [1.29, 1.82) is 0 Å². The quantitative estimate of drug-likeness (QED) is 0.785. The minimum atomic E-state index is 0.229. The van der Waals surface area contributed by atoms with Crippen LogP contribution in [0.1, 0.15) is 20.3 Å². The number of likely N-dealkylation sites (N-methyl/N-ethyl adjacent to an activating group) is 1. The molecule has 0 atom stereocenters. The largest absolute Gasteiger partial charge is 0.354 e. The Kier molecular flexibility index (Phi) is 6.80. The van der Waals surface area contributed by atoms with Crippen LogP contribution in [0.2, 0.25) is 5.28 Å². The maximum absolute atomic E-state index is 5.95. The molecule has 7 heteroatoms. The van der Waals surface area contributed by atoms with Crippen LogP contribution in [0, 0.1) is 0 Å². The van der Waals surface area contributed by atoms with Gasteiger partial charge in [0.1, 0.15) is 0 Å². The molecule has 19 heavy (non-hydrogen) atoms. The summed E-state index contributed by atoms with van der Waals surface area (Å²) in [5.41, 5.74) is 0. The molecule has 108 valence electrons. The van der Waals surface area contributed by atoms with E-state index in [0.29, 0.717) is 11.9 Å². The van der Waals surface area contributed by atoms with E-state index in [2.05, 4.69) is 51.1 Å². The number of hydrogen-bond donors (Lipinski definition) is 1. The Bertz CT molecular complexity index is 384. The van der Waals surface area contributed by atoms with E-state index in [0.717, 1.165) is 32.6 Å². The lowest BCUT2D eigenvalue weighted by Gasteiger charge is -2.24. The van der Waals surface area contributed by atoms with Crippen molar-refractivity contribution in [2.24, 2.45) is 0 Å². The molecule has 1 aromatic heterocycles. The predicted octanol–water partition coefficient (Wildman–Crippen LogP) is 1.73. The molecule has 0 aliphatic rings.